The summed E-state index contributed by atoms with van der Waals surface area (Å²) in [5.74, 6) is 1.09. The van der Waals surface area contributed by atoms with Crippen molar-refractivity contribution in [2.24, 2.45) is 0 Å². The van der Waals surface area contributed by atoms with Gasteiger partial charge in [-0.05, 0) is 13.1 Å². The molecular weight excluding hydrogens is 324 g/mol. The quantitative estimate of drug-likeness (QED) is 0.560. The smallest absolute Gasteiger partial charge is 0.157 e. The molecule has 6 nitrogen and oxygen atoms in total. The highest BCUT2D eigenvalue weighted by atomic mass is 15.4. The van der Waals surface area contributed by atoms with Gasteiger partial charge in [-0.15, -0.1) is 0 Å². The maximum absolute atomic E-state index is 4.85. The molecule has 1 aliphatic heterocycles. The standard InChI is InChI=1S/C20H20N6/c1-24-10-12-25(13-11-24)19-14-17(23-18-7-9-22-26(18)19)16-6-2-4-15-5-3-8-21-20(15)16/h2-9,14H,10-13H2,1H3. The molecule has 0 aliphatic carbocycles. The Balaban J connectivity index is 1.69. The van der Waals surface area contributed by atoms with Crippen LogP contribution in [0.15, 0.2) is 54.9 Å². The van der Waals surface area contributed by atoms with E-state index in [9.17, 15) is 0 Å². The third-order valence-corrected chi connectivity index (χ3v) is 5.08. The van der Waals surface area contributed by atoms with Gasteiger partial charge < -0.3 is 9.80 Å². The molecule has 1 fully saturated rings. The summed E-state index contributed by atoms with van der Waals surface area (Å²) < 4.78 is 1.94. The van der Waals surface area contributed by atoms with Gasteiger partial charge in [0.1, 0.15) is 5.82 Å². The Kier molecular flexibility index (Phi) is 3.57. The van der Waals surface area contributed by atoms with Crippen molar-refractivity contribution < 1.29 is 0 Å². The average Bonchev–Trinajstić information content (AvgIpc) is 3.16. The van der Waals surface area contributed by atoms with Crippen molar-refractivity contribution in [3.8, 4) is 11.3 Å². The van der Waals surface area contributed by atoms with E-state index >= 15 is 0 Å². The van der Waals surface area contributed by atoms with Crippen molar-refractivity contribution in [1.29, 1.82) is 0 Å². The zero-order valence-electron chi connectivity index (χ0n) is 14.7. The predicted octanol–water partition coefficient (Wildman–Crippen LogP) is 2.70. The van der Waals surface area contributed by atoms with Gasteiger partial charge in [0.25, 0.3) is 0 Å². The predicted molar refractivity (Wildman–Crippen MR) is 103 cm³/mol. The molecule has 4 aromatic rings. The fourth-order valence-corrected chi connectivity index (χ4v) is 3.61. The molecule has 0 N–H and O–H groups in total. The number of hydrogen-bond acceptors (Lipinski definition) is 5. The Morgan fingerprint density at radius 3 is 2.65 bits per heavy atom. The van der Waals surface area contributed by atoms with Crippen LogP contribution >= 0.6 is 0 Å². The summed E-state index contributed by atoms with van der Waals surface area (Å²) in [6.07, 6.45) is 3.65. The zero-order chi connectivity index (χ0) is 17.5. The summed E-state index contributed by atoms with van der Waals surface area (Å²) in [5.41, 5.74) is 3.85. The largest absolute Gasteiger partial charge is 0.354 e. The Morgan fingerprint density at radius 2 is 1.77 bits per heavy atom. The molecule has 0 radical (unpaired) electrons. The first-order valence-corrected chi connectivity index (χ1v) is 8.92. The van der Waals surface area contributed by atoms with Crippen molar-refractivity contribution >= 4 is 22.4 Å². The van der Waals surface area contributed by atoms with Crippen LogP contribution in [-0.2, 0) is 0 Å². The third-order valence-electron chi connectivity index (χ3n) is 5.08. The van der Waals surface area contributed by atoms with Crippen LogP contribution in [0, 0.1) is 0 Å². The summed E-state index contributed by atoms with van der Waals surface area (Å²) >= 11 is 0. The van der Waals surface area contributed by atoms with Crippen LogP contribution < -0.4 is 4.90 Å². The van der Waals surface area contributed by atoms with Crippen LogP contribution in [0.4, 0.5) is 5.82 Å². The molecular formula is C20H20N6. The summed E-state index contributed by atoms with van der Waals surface area (Å²) in [4.78, 5) is 14.2. The molecule has 0 bridgehead atoms. The molecule has 0 amide bonds. The molecule has 6 heteroatoms. The van der Waals surface area contributed by atoms with Crippen molar-refractivity contribution in [1.82, 2.24) is 24.5 Å². The van der Waals surface area contributed by atoms with E-state index in [2.05, 4.69) is 57.3 Å². The van der Waals surface area contributed by atoms with E-state index in [1.54, 1.807) is 0 Å². The van der Waals surface area contributed by atoms with Crippen molar-refractivity contribution in [3.05, 3.63) is 54.9 Å². The first-order chi connectivity index (χ1) is 12.8. The molecule has 130 valence electrons. The number of para-hydroxylation sites is 1. The number of fused-ring (bicyclic) bond motifs is 2. The van der Waals surface area contributed by atoms with Gasteiger partial charge in [0, 0.05) is 55.5 Å². The highest BCUT2D eigenvalue weighted by Gasteiger charge is 2.19. The number of likely N-dealkylation sites (N-methyl/N-ethyl adjacent to an activating group) is 1. The lowest BCUT2D eigenvalue weighted by Crippen LogP contribution is -2.45. The van der Waals surface area contributed by atoms with E-state index in [1.165, 1.54) is 0 Å². The van der Waals surface area contributed by atoms with Crippen LogP contribution in [0.5, 0.6) is 0 Å². The van der Waals surface area contributed by atoms with Crippen LogP contribution in [0.25, 0.3) is 27.8 Å². The molecule has 26 heavy (non-hydrogen) atoms. The van der Waals surface area contributed by atoms with Crippen molar-refractivity contribution in [2.75, 3.05) is 38.1 Å². The van der Waals surface area contributed by atoms with Crippen molar-refractivity contribution in [2.45, 2.75) is 0 Å². The van der Waals surface area contributed by atoms with Gasteiger partial charge in [0.15, 0.2) is 5.65 Å². The van der Waals surface area contributed by atoms with Gasteiger partial charge in [-0.1, -0.05) is 24.3 Å². The summed E-state index contributed by atoms with van der Waals surface area (Å²) in [7, 11) is 2.17. The number of anilines is 1. The van der Waals surface area contributed by atoms with Gasteiger partial charge in [0.2, 0.25) is 0 Å². The minimum absolute atomic E-state index is 0.865. The fourth-order valence-electron chi connectivity index (χ4n) is 3.61. The van der Waals surface area contributed by atoms with Gasteiger partial charge in [-0.3, -0.25) is 4.98 Å². The van der Waals surface area contributed by atoms with Crippen molar-refractivity contribution in [3.63, 3.8) is 0 Å². The number of hydrogen-bond donors (Lipinski definition) is 0. The van der Waals surface area contributed by atoms with E-state index < -0.39 is 0 Å². The summed E-state index contributed by atoms with van der Waals surface area (Å²) in [6, 6.07) is 14.4. The molecule has 0 unspecified atom stereocenters. The Hall–Kier alpha value is -2.99. The highest BCUT2D eigenvalue weighted by molar-refractivity contribution is 5.93. The Labute approximate surface area is 151 Å². The second kappa shape index (κ2) is 6.07. The van der Waals surface area contributed by atoms with Crippen LogP contribution in [0.2, 0.25) is 0 Å². The van der Waals surface area contributed by atoms with Gasteiger partial charge in [-0.2, -0.15) is 9.61 Å². The number of nitrogens with zero attached hydrogens (tertiary/aromatic N) is 6. The number of aromatic nitrogens is 4. The monoisotopic (exact) mass is 344 g/mol. The lowest BCUT2D eigenvalue weighted by Gasteiger charge is -2.34. The van der Waals surface area contributed by atoms with Gasteiger partial charge >= 0.3 is 0 Å². The lowest BCUT2D eigenvalue weighted by atomic mass is 10.1. The number of pyridine rings is 1. The third kappa shape index (κ3) is 2.50. The molecule has 3 aromatic heterocycles. The normalized spacial score (nSPS) is 15.8. The summed E-state index contributed by atoms with van der Waals surface area (Å²) in [6.45, 7) is 4.08. The van der Waals surface area contributed by atoms with E-state index in [1.807, 2.05) is 29.0 Å². The van der Waals surface area contributed by atoms with Crippen LogP contribution in [-0.4, -0.2) is 57.7 Å². The molecule has 0 saturated carbocycles. The van der Waals surface area contributed by atoms with Gasteiger partial charge in [-0.25, -0.2) is 4.98 Å². The highest BCUT2D eigenvalue weighted by Crippen LogP contribution is 2.29. The molecule has 1 saturated heterocycles. The molecule has 4 heterocycles. The zero-order valence-corrected chi connectivity index (χ0v) is 14.7. The van der Waals surface area contributed by atoms with Crippen LogP contribution in [0.1, 0.15) is 0 Å². The summed E-state index contributed by atoms with van der Waals surface area (Å²) in [5, 5.41) is 5.62. The Morgan fingerprint density at radius 1 is 0.923 bits per heavy atom. The minimum Gasteiger partial charge on any atom is -0.354 e. The fraction of sp³-hybridized carbons (Fsp3) is 0.250. The molecule has 1 aromatic carbocycles. The Bertz CT molecular complexity index is 1070. The van der Waals surface area contributed by atoms with Crippen LogP contribution in [0.3, 0.4) is 0 Å². The second-order valence-corrected chi connectivity index (χ2v) is 6.77. The maximum Gasteiger partial charge on any atom is 0.157 e. The first-order valence-electron chi connectivity index (χ1n) is 8.92. The average molecular weight is 344 g/mol. The van der Waals surface area contributed by atoms with E-state index in [4.69, 9.17) is 4.98 Å². The molecule has 1 aliphatic rings. The number of rotatable bonds is 2. The maximum atomic E-state index is 4.85. The van der Waals surface area contributed by atoms with Gasteiger partial charge in [0.05, 0.1) is 17.4 Å². The van der Waals surface area contributed by atoms with E-state index in [0.29, 0.717) is 0 Å². The number of benzene rings is 1. The topological polar surface area (TPSA) is 49.6 Å². The lowest BCUT2D eigenvalue weighted by molar-refractivity contribution is 0.311. The minimum atomic E-state index is 0.865. The molecule has 0 atom stereocenters. The first kappa shape index (κ1) is 15.3. The number of piperazine rings is 1. The second-order valence-electron chi connectivity index (χ2n) is 6.77. The molecule has 5 rings (SSSR count). The molecule has 0 spiro atoms. The van der Waals surface area contributed by atoms with E-state index in [0.717, 1.165) is 59.8 Å². The SMILES string of the molecule is CN1CCN(c2cc(-c3cccc4cccnc34)nc3ccnn23)CC1. The van der Waals surface area contributed by atoms with E-state index in [-0.39, 0.29) is 0 Å².